The molecule has 1 rings (SSSR count). The largest absolute Gasteiger partial charge is 0.488 e. The van der Waals surface area contributed by atoms with E-state index in [0.717, 1.165) is 6.26 Å². The van der Waals surface area contributed by atoms with Crippen LogP contribution in [0, 0.1) is 0 Å². The normalized spacial score (nSPS) is 11.1. The Morgan fingerprint density at radius 3 is 2.07 bits per heavy atom. The summed E-state index contributed by atoms with van der Waals surface area (Å²) in [6.45, 7) is 0. The number of hydrogen-bond acceptors (Lipinski definition) is 5. The quantitative estimate of drug-likeness (QED) is 0.484. The van der Waals surface area contributed by atoms with Crippen LogP contribution in [-0.2, 0) is 10.1 Å². The molecule has 7 heteroatoms. The number of hydrogen-bond donors (Lipinski definition) is 2. The van der Waals surface area contributed by atoms with Gasteiger partial charge in [-0.05, 0) is 17.6 Å². The molecule has 0 atom stereocenters. The van der Waals surface area contributed by atoms with Gasteiger partial charge in [-0.25, -0.2) is 0 Å². The van der Waals surface area contributed by atoms with Crippen molar-refractivity contribution < 1.29 is 22.6 Å². The summed E-state index contributed by atoms with van der Waals surface area (Å²) in [5.74, 6) is 0.136. The molecule has 76 valence electrons. The maximum absolute atomic E-state index is 10.7. The molecule has 14 heavy (non-hydrogen) atoms. The van der Waals surface area contributed by atoms with E-state index in [4.69, 9.17) is 10.0 Å². The SMILES string of the molecule is CS(=O)(=O)Oc1ccc(B(O)O)cc1. The molecule has 0 aliphatic heterocycles. The van der Waals surface area contributed by atoms with Gasteiger partial charge in [0, 0.05) is 0 Å². The Kier molecular flexibility index (Phi) is 3.15. The van der Waals surface area contributed by atoms with Gasteiger partial charge in [-0.15, -0.1) is 0 Å². The Bertz CT molecular complexity index is 397. The summed E-state index contributed by atoms with van der Waals surface area (Å²) in [7, 11) is -5.10. The predicted molar refractivity (Wildman–Crippen MR) is 51.7 cm³/mol. The maximum Gasteiger partial charge on any atom is 0.488 e. The molecule has 0 heterocycles. The molecule has 0 aliphatic rings. The van der Waals surface area contributed by atoms with E-state index in [2.05, 4.69) is 4.18 Å². The average Bonchev–Trinajstić information content (AvgIpc) is 2.02. The lowest BCUT2D eigenvalue weighted by atomic mass is 9.80. The van der Waals surface area contributed by atoms with E-state index in [1.54, 1.807) is 0 Å². The third-order valence-electron chi connectivity index (χ3n) is 1.43. The smallest absolute Gasteiger partial charge is 0.423 e. The van der Waals surface area contributed by atoms with Crippen molar-refractivity contribution in [2.24, 2.45) is 0 Å². The van der Waals surface area contributed by atoms with Crippen molar-refractivity contribution in [3.8, 4) is 5.75 Å². The summed E-state index contributed by atoms with van der Waals surface area (Å²) < 4.78 is 25.9. The molecule has 0 aromatic heterocycles. The van der Waals surface area contributed by atoms with Crippen molar-refractivity contribution in [1.82, 2.24) is 0 Å². The van der Waals surface area contributed by atoms with E-state index in [9.17, 15) is 8.42 Å². The monoisotopic (exact) mass is 216 g/mol. The van der Waals surface area contributed by atoms with Crippen molar-refractivity contribution in [2.45, 2.75) is 0 Å². The van der Waals surface area contributed by atoms with Gasteiger partial charge in [0.15, 0.2) is 0 Å². The highest BCUT2D eigenvalue weighted by Gasteiger charge is 2.11. The van der Waals surface area contributed by atoms with Gasteiger partial charge in [-0.3, -0.25) is 0 Å². The Morgan fingerprint density at radius 1 is 1.21 bits per heavy atom. The number of rotatable bonds is 3. The van der Waals surface area contributed by atoms with Crippen LogP contribution >= 0.6 is 0 Å². The van der Waals surface area contributed by atoms with Crippen LogP contribution in [0.2, 0.25) is 0 Å². The molecule has 0 fully saturated rings. The van der Waals surface area contributed by atoms with Gasteiger partial charge in [-0.1, -0.05) is 12.1 Å². The number of benzene rings is 1. The van der Waals surface area contributed by atoms with Gasteiger partial charge >= 0.3 is 17.2 Å². The zero-order valence-corrected chi connectivity index (χ0v) is 8.23. The summed E-state index contributed by atoms with van der Waals surface area (Å²) in [6, 6.07) is 5.42. The van der Waals surface area contributed by atoms with Crippen LogP contribution in [0.25, 0.3) is 0 Å². The molecule has 0 bridgehead atoms. The van der Waals surface area contributed by atoms with Crippen LogP contribution < -0.4 is 9.65 Å². The minimum atomic E-state index is -3.54. The minimum Gasteiger partial charge on any atom is -0.423 e. The fraction of sp³-hybridized carbons (Fsp3) is 0.143. The van der Waals surface area contributed by atoms with Gasteiger partial charge in [0.1, 0.15) is 5.75 Å². The molecule has 0 spiro atoms. The topological polar surface area (TPSA) is 83.8 Å². The highest BCUT2D eigenvalue weighted by atomic mass is 32.2. The van der Waals surface area contributed by atoms with Crippen LogP contribution in [-0.4, -0.2) is 31.8 Å². The van der Waals surface area contributed by atoms with Gasteiger partial charge in [0.05, 0.1) is 6.26 Å². The van der Waals surface area contributed by atoms with Crippen LogP contribution in [0.4, 0.5) is 0 Å². The Balaban J connectivity index is 2.84. The van der Waals surface area contributed by atoms with E-state index in [-0.39, 0.29) is 11.2 Å². The van der Waals surface area contributed by atoms with Crippen molar-refractivity contribution >= 4 is 22.7 Å². The first-order valence-electron chi connectivity index (χ1n) is 3.74. The van der Waals surface area contributed by atoms with Crippen LogP contribution in [0.15, 0.2) is 24.3 Å². The maximum atomic E-state index is 10.7. The molecule has 0 amide bonds. The lowest BCUT2D eigenvalue weighted by Crippen LogP contribution is -2.29. The third kappa shape index (κ3) is 3.37. The first kappa shape index (κ1) is 11.0. The van der Waals surface area contributed by atoms with Gasteiger partial charge in [0.2, 0.25) is 0 Å². The second kappa shape index (κ2) is 3.99. The lowest BCUT2D eigenvalue weighted by molar-refractivity contribution is 0.426. The molecule has 1 aromatic carbocycles. The van der Waals surface area contributed by atoms with Crippen molar-refractivity contribution in [3.63, 3.8) is 0 Å². The molecular formula is C7H9BO5S. The second-order valence-electron chi connectivity index (χ2n) is 2.73. The highest BCUT2D eigenvalue weighted by molar-refractivity contribution is 7.86. The highest BCUT2D eigenvalue weighted by Crippen LogP contribution is 2.09. The molecule has 0 saturated heterocycles. The van der Waals surface area contributed by atoms with Gasteiger partial charge < -0.3 is 14.2 Å². The zero-order valence-electron chi connectivity index (χ0n) is 7.41. The molecule has 0 unspecified atom stereocenters. The molecule has 0 aliphatic carbocycles. The fourth-order valence-corrected chi connectivity index (χ4v) is 1.33. The molecular weight excluding hydrogens is 207 g/mol. The van der Waals surface area contributed by atoms with E-state index >= 15 is 0 Å². The molecule has 5 nitrogen and oxygen atoms in total. The van der Waals surface area contributed by atoms with Crippen molar-refractivity contribution in [2.75, 3.05) is 6.26 Å². The van der Waals surface area contributed by atoms with Crippen LogP contribution in [0.1, 0.15) is 0 Å². The van der Waals surface area contributed by atoms with Gasteiger partial charge in [-0.2, -0.15) is 8.42 Å². The summed E-state index contributed by atoms with van der Waals surface area (Å²) in [5.41, 5.74) is 0.269. The summed E-state index contributed by atoms with van der Waals surface area (Å²) in [4.78, 5) is 0. The van der Waals surface area contributed by atoms with E-state index in [0.29, 0.717) is 0 Å². The van der Waals surface area contributed by atoms with E-state index < -0.39 is 17.2 Å². The Labute approximate surface area is 82.2 Å². The Morgan fingerprint density at radius 2 is 1.71 bits per heavy atom. The first-order valence-corrected chi connectivity index (χ1v) is 5.56. The van der Waals surface area contributed by atoms with Crippen molar-refractivity contribution in [1.29, 1.82) is 0 Å². The van der Waals surface area contributed by atoms with Crippen LogP contribution in [0.5, 0.6) is 5.75 Å². The molecule has 1 aromatic rings. The molecule has 0 radical (unpaired) electrons. The summed E-state index contributed by atoms with van der Waals surface area (Å²) in [5, 5.41) is 17.5. The zero-order chi connectivity index (χ0) is 10.8. The van der Waals surface area contributed by atoms with E-state index in [1.165, 1.54) is 24.3 Å². The van der Waals surface area contributed by atoms with Gasteiger partial charge in [0.25, 0.3) is 0 Å². The third-order valence-corrected chi connectivity index (χ3v) is 1.92. The lowest BCUT2D eigenvalue weighted by Gasteiger charge is -2.03. The summed E-state index contributed by atoms with van der Waals surface area (Å²) in [6.07, 6.45) is 0.932. The Hall–Kier alpha value is -1.05. The summed E-state index contributed by atoms with van der Waals surface area (Å²) >= 11 is 0. The van der Waals surface area contributed by atoms with Crippen LogP contribution in [0.3, 0.4) is 0 Å². The van der Waals surface area contributed by atoms with Crippen molar-refractivity contribution in [3.05, 3.63) is 24.3 Å². The first-order chi connectivity index (χ1) is 6.38. The second-order valence-corrected chi connectivity index (χ2v) is 4.31. The average molecular weight is 216 g/mol. The molecule has 2 N–H and O–H groups in total. The standard InChI is InChI=1S/C7H9BO5S/c1-14(11,12)13-7-4-2-6(3-5-7)8(9)10/h2-5,9-10H,1H3. The van der Waals surface area contributed by atoms with E-state index in [1.807, 2.05) is 0 Å². The minimum absolute atomic E-state index is 0.136. The molecule has 0 saturated carbocycles. The predicted octanol–water partition coefficient (Wildman–Crippen LogP) is -1.30. The fourth-order valence-electron chi connectivity index (χ4n) is 0.870.